The summed E-state index contributed by atoms with van der Waals surface area (Å²) in [5, 5.41) is 4.65. The van der Waals surface area contributed by atoms with Crippen LogP contribution in [0.3, 0.4) is 0 Å². The fourth-order valence-corrected chi connectivity index (χ4v) is 4.01. The fraction of sp³-hybridized carbons (Fsp3) is 0.435. The molecule has 1 fully saturated rings. The van der Waals surface area contributed by atoms with Crippen molar-refractivity contribution >= 4 is 5.71 Å². The maximum Gasteiger partial charge on any atom is 0.119 e. The molecule has 2 aliphatic heterocycles. The van der Waals surface area contributed by atoms with Crippen LogP contribution < -0.4 is 10.2 Å². The van der Waals surface area contributed by atoms with Crippen molar-refractivity contribution in [1.82, 2.24) is 10.3 Å². The number of hydrazone groups is 1. The van der Waals surface area contributed by atoms with E-state index in [0.717, 1.165) is 51.3 Å². The van der Waals surface area contributed by atoms with Gasteiger partial charge in [0.1, 0.15) is 5.75 Å². The number of likely N-dealkylation sites (tertiary alicyclic amines) is 1. The predicted molar refractivity (Wildman–Crippen MR) is 110 cm³/mol. The Kier molecular flexibility index (Phi) is 5.73. The van der Waals surface area contributed by atoms with Crippen LogP contribution >= 0.6 is 0 Å². The Morgan fingerprint density at radius 3 is 2.70 bits per heavy atom. The molecule has 4 heteroatoms. The lowest BCUT2D eigenvalue weighted by molar-refractivity contribution is 0.220. The topological polar surface area (TPSA) is 36.9 Å². The van der Waals surface area contributed by atoms with Gasteiger partial charge >= 0.3 is 0 Å². The molecular weight excluding hydrogens is 334 g/mol. The Balaban J connectivity index is 1.39. The molecule has 0 aromatic heterocycles. The molecule has 1 saturated heterocycles. The van der Waals surface area contributed by atoms with Gasteiger partial charge in [-0.2, -0.15) is 5.10 Å². The van der Waals surface area contributed by atoms with Crippen molar-refractivity contribution in [3.05, 3.63) is 65.7 Å². The van der Waals surface area contributed by atoms with Gasteiger partial charge in [0.15, 0.2) is 0 Å². The summed E-state index contributed by atoms with van der Waals surface area (Å²) in [5.41, 5.74) is 7.40. The minimum atomic E-state index is 0.267. The van der Waals surface area contributed by atoms with E-state index in [1.807, 2.05) is 0 Å². The molecule has 0 aliphatic carbocycles. The monoisotopic (exact) mass is 363 g/mol. The second kappa shape index (κ2) is 8.57. The molecule has 0 amide bonds. The lowest BCUT2D eigenvalue weighted by atomic mass is 9.86. The quantitative estimate of drug-likeness (QED) is 0.742. The first kappa shape index (κ1) is 18.1. The van der Waals surface area contributed by atoms with Crippen molar-refractivity contribution < 1.29 is 4.74 Å². The molecule has 0 spiro atoms. The van der Waals surface area contributed by atoms with Gasteiger partial charge in [0.2, 0.25) is 0 Å². The molecule has 142 valence electrons. The summed E-state index contributed by atoms with van der Waals surface area (Å²) in [7, 11) is 0. The van der Waals surface area contributed by atoms with Gasteiger partial charge < -0.3 is 10.2 Å². The molecule has 0 radical (unpaired) electrons. The third-order valence-corrected chi connectivity index (χ3v) is 5.57. The van der Waals surface area contributed by atoms with Gasteiger partial charge in [-0.15, -0.1) is 0 Å². The molecule has 0 saturated carbocycles. The van der Waals surface area contributed by atoms with E-state index in [1.54, 1.807) is 0 Å². The standard InChI is InChI=1S/C23H29N3O/c1-2-3-15-27-20-11-9-19(10-12-20)23-21-17-26(14-13-22(21)24-25-23)16-18-7-5-4-6-8-18/h4-12,21,23,25H,2-3,13-17H2,1H3. The minimum absolute atomic E-state index is 0.267. The van der Waals surface area contributed by atoms with E-state index in [1.165, 1.54) is 16.8 Å². The molecule has 0 bridgehead atoms. The summed E-state index contributed by atoms with van der Waals surface area (Å²) >= 11 is 0. The fourth-order valence-electron chi connectivity index (χ4n) is 4.01. The molecule has 2 aliphatic rings. The van der Waals surface area contributed by atoms with Crippen LogP contribution in [0.2, 0.25) is 0 Å². The summed E-state index contributed by atoms with van der Waals surface area (Å²) in [6, 6.07) is 19.6. The first-order chi connectivity index (χ1) is 13.3. The zero-order chi connectivity index (χ0) is 18.5. The van der Waals surface area contributed by atoms with Crippen molar-refractivity contribution in [3.63, 3.8) is 0 Å². The van der Waals surface area contributed by atoms with Gasteiger partial charge in [-0.05, 0) is 29.7 Å². The predicted octanol–water partition coefficient (Wildman–Crippen LogP) is 4.39. The van der Waals surface area contributed by atoms with Crippen LogP contribution in [0.15, 0.2) is 59.7 Å². The van der Waals surface area contributed by atoms with Crippen LogP contribution in [0.5, 0.6) is 5.75 Å². The number of piperidine rings is 1. The molecule has 4 rings (SSSR count). The van der Waals surface area contributed by atoms with Crippen molar-refractivity contribution in [3.8, 4) is 5.75 Å². The van der Waals surface area contributed by atoms with E-state index in [-0.39, 0.29) is 6.04 Å². The molecule has 4 nitrogen and oxygen atoms in total. The third kappa shape index (κ3) is 4.33. The number of unbranched alkanes of at least 4 members (excludes halogenated alkanes) is 1. The Morgan fingerprint density at radius 2 is 1.93 bits per heavy atom. The van der Waals surface area contributed by atoms with Gasteiger partial charge in [-0.3, -0.25) is 4.90 Å². The van der Waals surface area contributed by atoms with Crippen LogP contribution in [0.4, 0.5) is 0 Å². The number of rotatable bonds is 7. The number of hydrogen-bond acceptors (Lipinski definition) is 4. The maximum absolute atomic E-state index is 5.80. The Labute approximate surface area is 162 Å². The average Bonchev–Trinajstić information content (AvgIpc) is 3.13. The molecule has 2 heterocycles. The summed E-state index contributed by atoms with van der Waals surface area (Å²) < 4.78 is 5.80. The summed E-state index contributed by atoms with van der Waals surface area (Å²) in [6.07, 6.45) is 3.31. The number of ether oxygens (including phenoxy) is 1. The first-order valence-corrected chi connectivity index (χ1v) is 10.1. The smallest absolute Gasteiger partial charge is 0.119 e. The highest BCUT2D eigenvalue weighted by atomic mass is 16.5. The van der Waals surface area contributed by atoms with Crippen LogP contribution in [0, 0.1) is 5.92 Å². The second-order valence-electron chi connectivity index (χ2n) is 7.56. The van der Waals surface area contributed by atoms with Crippen LogP contribution in [0.25, 0.3) is 0 Å². The highest BCUT2D eigenvalue weighted by Gasteiger charge is 2.36. The number of nitrogens with one attached hydrogen (secondary N) is 1. The Morgan fingerprint density at radius 1 is 1.11 bits per heavy atom. The molecular formula is C23H29N3O. The highest BCUT2D eigenvalue weighted by Crippen LogP contribution is 2.33. The van der Waals surface area contributed by atoms with Crippen molar-refractivity contribution in [2.75, 3.05) is 19.7 Å². The SMILES string of the molecule is CCCCOc1ccc(C2NN=C3CCN(Cc4ccccc4)CC32)cc1. The zero-order valence-electron chi connectivity index (χ0n) is 16.1. The van der Waals surface area contributed by atoms with E-state index in [9.17, 15) is 0 Å². The van der Waals surface area contributed by atoms with Gasteiger partial charge in [-0.1, -0.05) is 55.8 Å². The van der Waals surface area contributed by atoms with Crippen molar-refractivity contribution in [1.29, 1.82) is 0 Å². The summed E-state index contributed by atoms with van der Waals surface area (Å²) in [6.45, 7) is 6.13. The van der Waals surface area contributed by atoms with Crippen LogP contribution in [-0.4, -0.2) is 30.3 Å². The number of fused-ring (bicyclic) bond motifs is 1. The van der Waals surface area contributed by atoms with E-state index in [0.29, 0.717) is 5.92 Å². The van der Waals surface area contributed by atoms with Gasteiger partial charge in [0, 0.05) is 37.7 Å². The molecule has 2 unspecified atom stereocenters. The lowest BCUT2D eigenvalue weighted by Crippen LogP contribution is -2.41. The number of nitrogens with zero attached hydrogens (tertiary/aromatic N) is 2. The Bertz CT molecular complexity index is 757. The summed E-state index contributed by atoms with van der Waals surface area (Å²) in [4.78, 5) is 2.56. The normalized spacial score (nSPS) is 22.0. The second-order valence-corrected chi connectivity index (χ2v) is 7.56. The minimum Gasteiger partial charge on any atom is -0.494 e. The molecule has 27 heavy (non-hydrogen) atoms. The van der Waals surface area contributed by atoms with Crippen molar-refractivity contribution in [2.45, 2.75) is 38.8 Å². The van der Waals surface area contributed by atoms with Crippen LogP contribution in [-0.2, 0) is 6.54 Å². The molecule has 2 aromatic carbocycles. The van der Waals surface area contributed by atoms with Gasteiger partial charge in [0.05, 0.1) is 12.6 Å². The lowest BCUT2D eigenvalue weighted by Gasteiger charge is -2.33. The number of hydrogen-bond donors (Lipinski definition) is 1. The van der Waals surface area contributed by atoms with E-state index in [4.69, 9.17) is 4.74 Å². The summed E-state index contributed by atoms with van der Waals surface area (Å²) in [5.74, 6) is 1.41. The van der Waals surface area contributed by atoms with E-state index < -0.39 is 0 Å². The van der Waals surface area contributed by atoms with E-state index >= 15 is 0 Å². The van der Waals surface area contributed by atoms with Gasteiger partial charge in [0.25, 0.3) is 0 Å². The first-order valence-electron chi connectivity index (χ1n) is 10.1. The third-order valence-electron chi connectivity index (χ3n) is 5.57. The highest BCUT2D eigenvalue weighted by molar-refractivity contribution is 5.89. The maximum atomic E-state index is 5.80. The largest absolute Gasteiger partial charge is 0.494 e. The zero-order valence-corrected chi connectivity index (χ0v) is 16.1. The molecule has 2 atom stereocenters. The molecule has 2 aromatic rings. The van der Waals surface area contributed by atoms with Crippen LogP contribution in [0.1, 0.15) is 43.4 Å². The van der Waals surface area contributed by atoms with Crippen molar-refractivity contribution in [2.24, 2.45) is 11.0 Å². The molecule has 1 N–H and O–H groups in total. The van der Waals surface area contributed by atoms with E-state index in [2.05, 4.69) is 76.9 Å². The number of benzene rings is 2. The average molecular weight is 364 g/mol. The Hall–Kier alpha value is -2.33. The van der Waals surface area contributed by atoms with Gasteiger partial charge in [-0.25, -0.2) is 0 Å².